The monoisotopic (exact) mass is 279 g/mol. The second-order valence-corrected chi connectivity index (χ2v) is 4.51. The number of rotatable bonds is 5. The molecule has 2 N–H and O–H groups in total. The van der Waals surface area contributed by atoms with E-state index in [4.69, 9.17) is 10.5 Å². The van der Waals surface area contributed by atoms with E-state index in [1.165, 1.54) is 16.8 Å². The minimum Gasteiger partial charge on any atom is -0.393 e. The molecule has 5 nitrogen and oxygen atoms in total. The molecule has 0 spiro atoms. The Balaban J connectivity index is 2.64. The van der Waals surface area contributed by atoms with E-state index in [-0.39, 0.29) is 23.7 Å². The van der Waals surface area contributed by atoms with Gasteiger partial charge >= 0.3 is 0 Å². The quantitative estimate of drug-likeness (QED) is 0.909. The van der Waals surface area contributed by atoms with Gasteiger partial charge in [0, 0.05) is 13.7 Å². The molecule has 20 heavy (non-hydrogen) atoms. The van der Waals surface area contributed by atoms with Gasteiger partial charge in [0.25, 0.3) is 5.56 Å². The minimum absolute atomic E-state index is 0.171. The summed E-state index contributed by atoms with van der Waals surface area (Å²) in [5, 5.41) is 0. The number of aromatic nitrogens is 2. The highest BCUT2D eigenvalue weighted by Crippen LogP contribution is 2.15. The van der Waals surface area contributed by atoms with Crippen LogP contribution in [0.4, 0.5) is 10.1 Å². The van der Waals surface area contributed by atoms with Crippen molar-refractivity contribution in [3.05, 3.63) is 46.1 Å². The average Bonchev–Trinajstić information content (AvgIpc) is 2.66. The predicted molar refractivity (Wildman–Crippen MR) is 75.4 cm³/mol. The van der Waals surface area contributed by atoms with E-state index in [0.717, 1.165) is 6.42 Å². The molecule has 1 heterocycles. The number of anilines is 1. The van der Waals surface area contributed by atoms with Crippen LogP contribution in [-0.4, -0.2) is 16.5 Å². The van der Waals surface area contributed by atoms with Gasteiger partial charge in [0.05, 0.1) is 18.0 Å². The van der Waals surface area contributed by atoms with Crippen molar-refractivity contribution >= 4 is 5.69 Å². The molecule has 0 amide bonds. The zero-order valence-corrected chi connectivity index (χ0v) is 11.6. The summed E-state index contributed by atoms with van der Waals surface area (Å²) in [5.41, 5.74) is 6.97. The average molecular weight is 279 g/mol. The van der Waals surface area contributed by atoms with Crippen LogP contribution in [0.1, 0.15) is 19.0 Å². The SMILES string of the molecule is CCCn1c(COC)c(N)c(=O)n1-c1ccc(F)cc1. The summed E-state index contributed by atoms with van der Waals surface area (Å²) in [4.78, 5) is 12.3. The van der Waals surface area contributed by atoms with Crippen LogP contribution >= 0.6 is 0 Å². The number of nitrogens with zero attached hydrogens (tertiary/aromatic N) is 2. The zero-order chi connectivity index (χ0) is 14.7. The lowest BCUT2D eigenvalue weighted by Crippen LogP contribution is -2.22. The van der Waals surface area contributed by atoms with Gasteiger partial charge in [-0.15, -0.1) is 0 Å². The zero-order valence-electron chi connectivity index (χ0n) is 11.6. The molecule has 0 saturated heterocycles. The lowest BCUT2D eigenvalue weighted by Gasteiger charge is -2.13. The Kier molecular flexibility index (Phi) is 4.24. The number of ether oxygens (including phenoxy) is 1. The first kappa shape index (κ1) is 14.3. The topological polar surface area (TPSA) is 62.2 Å². The number of hydrogen-bond donors (Lipinski definition) is 1. The summed E-state index contributed by atoms with van der Waals surface area (Å²) in [6, 6.07) is 5.74. The maximum absolute atomic E-state index is 13.0. The number of methoxy groups -OCH3 is 1. The van der Waals surface area contributed by atoms with E-state index in [2.05, 4.69) is 0 Å². The van der Waals surface area contributed by atoms with Gasteiger partial charge in [0.1, 0.15) is 11.5 Å². The Morgan fingerprint density at radius 2 is 1.95 bits per heavy atom. The number of nitrogens with two attached hydrogens (primary N) is 1. The van der Waals surface area contributed by atoms with Crippen molar-refractivity contribution in [3.8, 4) is 5.69 Å². The summed E-state index contributed by atoms with van der Waals surface area (Å²) in [7, 11) is 1.55. The van der Waals surface area contributed by atoms with E-state index in [9.17, 15) is 9.18 Å². The van der Waals surface area contributed by atoms with Crippen LogP contribution in [0.5, 0.6) is 0 Å². The van der Waals surface area contributed by atoms with Crippen LogP contribution < -0.4 is 11.3 Å². The lowest BCUT2D eigenvalue weighted by atomic mass is 10.3. The number of benzene rings is 1. The number of halogens is 1. The second kappa shape index (κ2) is 5.92. The normalized spacial score (nSPS) is 10.9. The van der Waals surface area contributed by atoms with E-state index in [1.54, 1.807) is 23.9 Å². The molecule has 1 aromatic carbocycles. The molecule has 0 aliphatic rings. The van der Waals surface area contributed by atoms with Gasteiger partial charge < -0.3 is 10.5 Å². The van der Waals surface area contributed by atoms with Crippen molar-refractivity contribution in [1.82, 2.24) is 9.36 Å². The van der Waals surface area contributed by atoms with Gasteiger partial charge in [0.2, 0.25) is 0 Å². The Morgan fingerprint density at radius 1 is 1.30 bits per heavy atom. The van der Waals surface area contributed by atoms with Crippen LogP contribution in [0.25, 0.3) is 5.69 Å². The van der Waals surface area contributed by atoms with Crippen LogP contribution in [0, 0.1) is 5.82 Å². The summed E-state index contributed by atoms with van der Waals surface area (Å²) in [5.74, 6) is -0.347. The fraction of sp³-hybridized carbons (Fsp3) is 0.357. The summed E-state index contributed by atoms with van der Waals surface area (Å²) in [6.07, 6.45) is 0.839. The molecule has 2 aromatic rings. The van der Waals surface area contributed by atoms with Gasteiger partial charge in [-0.25, -0.2) is 9.07 Å². The standard InChI is InChI=1S/C14H18FN3O2/c1-3-8-17-12(9-20-2)13(16)14(19)18(17)11-6-4-10(15)5-7-11/h4-7H,3,8-9,16H2,1-2H3. The molecule has 0 unspecified atom stereocenters. The number of hydrogen-bond acceptors (Lipinski definition) is 3. The summed E-state index contributed by atoms with van der Waals surface area (Å²) in [6.45, 7) is 2.89. The number of nitrogen functional groups attached to an aromatic ring is 1. The first-order valence-electron chi connectivity index (χ1n) is 6.45. The van der Waals surface area contributed by atoms with Gasteiger partial charge in [-0.3, -0.25) is 9.48 Å². The van der Waals surface area contributed by atoms with Crippen LogP contribution in [0.15, 0.2) is 29.1 Å². The minimum atomic E-state index is -0.347. The maximum atomic E-state index is 13.0. The molecule has 6 heteroatoms. The summed E-state index contributed by atoms with van der Waals surface area (Å²) < 4.78 is 21.4. The maximum Gasteiger partial charge on any atom is 0.294 e. The van der Waals surface area contributed by atoms with E-state index >= 15 is 0 Å². The van der Waals surface area contributed by atoms with Crippen molar-refractivity contribution in [2.75, 3.05) is 12.8 Å². The van der Waals surface area contributed by atoms with E-state index in [0.29, 0.717) is 17.9 Å². The molecule has 0 saturated carbocycles. The summed E-state index contributed by atoms with van der Waals surface area (Å²) >= 11 is 0. The highest BCUT2D eigenvalue weighted by Gasteiger charge is 2.18. The molecule has 1 aromatic heterocycles. The van der Waals surface area contributed by atoms with Crippen LogP contribution in [0.3, 0.4) is 0 Å². The van der Waals surface area contributed by atoms with Crippen molar-refractivity contribution in [2.45, 2.75) is 26.5 Å². The van der Waals surface area contributed by atoms with Gasteiger partial charge in [0.15, 0.2) is 0 Å². The Labute approximate surface area is 116 Å². The molecule has 2 rings (SSSR count). The lowest BCUT2D eigenvalue weighted by molar-refractivity contribution is 0.176. The smallest absolute Gasteiger partial charge is 0.294 e. The fourth-order valence-corrected chi connectivity index (χ4v) is 2.18. The first-order valence-corrected chi connectivity index (χ1v) is 6.45. The molecular formula is C14H18FN3O2. The van der Waals surface area contributed by atoms with Crippen molar-refractivity contribution in [2.24, 2.45) is 0 Å². The molecule has 0 bridgehead atoms. The third-order valence-electron chi connectivity index (χ3n) is 3.07. The van der Waals surface area contributed by atoms with Crippen molar-refractivity contribution in [1.29, 1.82) is 0 Å². The molecular weight excluding hydrogens is 261 g/mol. The molecule has 0 radical (unpaired) electrons. The highest BCUT2D eigenvalue weighted by atomic mass is 19.1. The molecule has 108 valence electrons. The molecule has 0 fully saturated rings. The second-order valence-electron chi connectivity index (χ2n) is 4.51. The molecule has 0 aliphatic heterocycles. The largest absolute Gasteiger partial charge is 0.393 e. The van der Waals surface area contributed by atoms with E-state index in [1.807, 2.05) is 6.92 Å². The molecule has 0 atom stereocenters. The van der Waals surface area contributed by atoms with Crippen LogP contribution in [0.2, 0.25) is 0 Å². The van der Waals surface area contributed by atoms with Gasteiger partial charge in [-0.1, -0.05) is 6.92 Å². The van der Waals surface area contributed by atoms with Crippen molar-refractivity contribution in [3.63, 3.8) is 0 Å². The Hall–Kier alpha value is -2.08. The van der Waals surface area contributed by atoms with Gasteiger partial charge in [-0.05, 0) is 30.7 Å². The van der Waals surface area contributed by atoms with Crippen molar-refractivity contribution < 1.29 is 9.13 Å². The van der Waals surface area contributed by atoms with Crippen LogP contribution in [-0.2, 0) is 17.9 Å². The molecule has 0 aliphatic carbocycles. The predicted octanol–water partition coefficient (Wildman–Crippen LogP) is 1.92. The Morgan fingerprint density at radius 3 is 2.50 bits per heavy atom. The highest BCUT2D eigenvalue weighted by molar-refractivity contribution is 5.45. The van der Waals surface area contributed by atoms with E-state index < -0.39 is 0 Å². The first-order chi connectivity index (χ1) is 9.60. The van der Waals surface area contributed by atoms with Gasteiger partial charge in [-0.2, -0.15) is 0 Å². The third-order valence-corrected chi connectivity index (χ3v) is 3.07. The third kappa shape index (κ3) is 2.46. The Bertz CT molecular complexity index is 644. The fourth-order valence-electron chi connectivity index (χ4n) is 2.18.